The molecular weight excluding hydrogens is 467 g/mol. The van der Waals surface area contributed by atoms with Crippen LogP contribution in [0.15, 0.2) is 60.7 Å². The van der Waals surface area contributed by atoms with Crippen molar-refractivity contribution in [1.29, 1.82) is 0 Å². The van der Waals surface area contributed by atoms with Gasteiger partial charge in [-0.3, -0.25) is 0 Å². The van der Waals surface area contributed by atoms with Crippen molar-refractivity contribution in [2.45, 2.75) is 64.9 Å². The molecule has 3 aromatic carbocycles. The zero-order chi connectivity index (χ0) is 26.8. The van der Waals surface area contributed by atoms with E-state index in [1.807, 2.05) is 6.07 Å². The summed E-state index contributed by atoms with van der Waals surface area (Å²) in [5.41, 5.74) is 5.40. The van der Waals surface area contributed by atoms with Crippen LogP contribution in [-0.4, -0.2) is 17.7 Å². The third-order valence-corrected chi connectivity index (χ3v) is 7.27. The summed E-state index contributed by atoms with van der Waals surface area (Å²) in [6, 6.07) is 15.7. The zero-order valence-electron chi connectivity index (χ0n) is 22.2. The van der Waals surface area contributed by atoms with Gasteiger partial charge in [0, 0.05) is 17.2 Å². The second kappa shape index (κ2) is 10.4. The van der Waals surface area contributed by atoms with Gasteiger partial charge in [-0.1, -0.05) is 45.9 Å². The van der Waals surface area contributed by atoms with Crippen LogP contribution in [0.25, 0.3) is 17.2 Å². The quantitative estimate of drug-likeness (QED) is 0.266. The Morgan fingerprint density at radius 3 is 2.24 bits per heavy atom. The molecule has 1 aliphatic carbocycles. The van der Waals surface area contributed by atoms with Crippen LogP contribution in [0.5, 0.6) is 11.5 Å². The van der Waals surface area contributed by atoms with E-state index in [0.717, 1.165) is 29.5 Å². The number of halogens is 1. The second-order valence-electron chi connectivity index (χ2n) is 10.9. The minimum atomic E-state index is -0.418. The summed E-state index contributed by atoms with van der Waals surface area (Å²) in [5, 5.41) is 10.9. The van der Waals surface area contributed by atoms with E-state index in [2.05, 4.69) is 39.8 Å². The highest BCUT2D eigenvalue weighted by Crippen LogP contribution is 2.50. The molecule has 0 atom stereocenters. The summed E-state index contributed by atoms with van der Waals surface area (Å²) >= 11 is 0. The molecule has 194 valence electrons. The van der Waals surface area contributed by atoms with Crippen LogP contribution in [0, 0.1) is 5.82 Å². The number of phenolic OH excluding ortho intramolecular Hbond substituents is 1. The van der Waals surface area contributed by atoms with Gasteiger partial charge in [-0.05, 0) is 95.3 Å². The number of carbonyl (C=O) groups is 1. The van der Waals surface area contributed by atoms with E-state index in [4.69, 9.17) is 9.47 Å². The monoisotopic (exact) mass is 502 g/mol. The molecule has 0 amide bonds. The van der Waals surface area contributed by atoms with Crippen LogP contribution in [0.1, 0.15) is 69.7 Å². The predicted molar refractivity (Wildman–Crippen MR) is 145 cm³/mol. The molecule has 0 saturated carbocycles. The zero-order valence-corrected chi connectivity index (χ0v) is 22.2. The summed E-state index contributed by atoms with van der Waals surface area (Å²) in [7, 11) is 0. The standard InChI is InChI=1S/C32H35FO4/c1-6-36-30(35)14-10-21-9-13-28(34)24(17-21)25-18-26-27(32(4,5)16-15-31(26,2)3)19-29(25)37-20-22-7-11-23(33)12-8-22/h7-14,17-19,34H,6,15-16,20H2,1-5H3. The van der Waals surface area contributed by atoms with Gasteiger partial charge in [0.05, 0.1) is 6.61 Å². The van der Waals surface area contributed by atoms with Crippen molar-refractivity contribution < 1.29 is 23.8 Å². The molecule has 0 heterocycles. The van der Waals surface area contributed by atoms with E-state index in [0.29, 0.717) is 17.9 Å². The minimum Gasteiger partial charge on any atom is -0.507 e. The number of rotatable bonds is 7. The minimum absolute atomic E-state index is 0.0242. The SMILES string of the molecule is CCOC(=O)C=Cc1ccc(O)c(-c2cc3c(cc2OCc2ccc(F)cc2)C(C)(C)CCC3(C)C)c1. The lowest BCUT2D eigenvalue weighted by atomic mass is 9.62. The average Bonchev–Trinajstić information content (AvgIpc) is 2.86. The Hall–Kier alpha value is -3.60. The van der Waals surface area contributed by atoms with Crippen molar-refractivity contribution in [2.75, 3.05) is 6.61 Å². The number of hydrogen-bond donors (Lipinski definition) is 1. The van der Waals surface area contributed by atoms with E-state index in [9.17, 15) is 14.3 Å². The second-order valence-corrected chi connectivity index (χ2v) is 10.9. The van der Waals surface area contributed by atoms with Crippen LogP contribution in [0.3, 0.4) is 0 Å². The normalized spacial score (nSPS) is 15.8. The topological polar surface area (TPSA) is 55.8 Å². The van der Waals surface area contributed by atoms with Crippen molar-refractivity contribution >= 4 is 12.0 Å². The van der Waals surface area contributed by atoms with Crippen LogP contribution < -0.4 is 4.74 Å². The lowest BCUT2D eigenvalue weighted by Crippen LogP contribution is -2.33. The molecule has 3 aromatic rings. The number of fused-ring (bicyclic) bond motifs is 1. The molecule has 0 aromatic heterocycles. The summed E-state index contributed by atoms with van der Waals surface area (Å²) < 4.78 is 24.8. The number of aromatic hydroxyl groups is 1. The first-order valence-electron chi connectivity index (χ1n) is 12.7. The van der Waals surface area contributed by atoms with Gasteiger partial charge in [0.1, 0.15) is 23.9 Å². The maximum atomic E-state index is 13.4. The Bertz CT molecular complexity index is 1320. The fraction of sp³-hybridized carbons (Fsp3) is 0.344. The van der Waals surface area contributed by atoms with Gasteiger partial charge in [0.15, 0.2) is 0 Å². The molecule has 4 nitrogen and oxygen atoms in total. The Morgan fingerprint density at radius 2 is 1.59 bits per heavy atom. The fourth-order valence-corrected chi connectivity index (χ4v) is 4.89. The number of ether oxygens (including phenoxy) is 2. The highest BCUT2D eigenvalue weighted by atomic mass is 19.1. The summed E-state index contributed by atoms with van der Waals surface area (Å²) in [6.07, 6.45) is 5.16. The maximum Gasteiger partial charge on any atom is 0.330 e. The van der Waals surface area contributed by atoms with Crippen molar-refractivity contribution in [1.82, 2.24) is 0 Å². The summed E-state index contributed by atoms with van der Waals surface area (Å²) in [6.45, 7) is 11.3. The maximum absolute atomic E-state index is 13.4. The molecule has 5 heteroatoms. The van der Waals surface area contributed by atoms with Crippen LogP contribution in [0.2, 0.25) is 0 Å². The molecule has 0 radical (unpaired) electrons. The molecule has 0 unspecified atom stereocenters. The molecule has 0 aliphatic heterocycles. The molecule has 1 aliphatic rings. The van der Waals surface area contributed by atoms with Gasteiger partial charge < -0.3 is 14.6 Å². The third-order valence-electron chi connectivity index (χ3n) is 7.27. The van der Waals surface area contributed by atoms with Gasteiger partial charge in [0.2, 0.25) is 0 Å². The van der Waals surface area contributed by atoms with E-state index in [1.54, 1.807) is 37.3 Å². The van der Waals surface area contributed by atoms with Gasteiger partial charge >= 0.3 is 5.97 Å². The summed E-state index contributed by atoms with van der Waals surface area (Å²) in [4.78, 5) is 11.8. The molecule has 0 saturated heterocycles. The Balaban J connectivity index is 1.83. The van der Waals surface area contributed by atoms with E-state index in [1.165, 1.54) is 29.3 Å². The molecular formula is C32H35FO4. The number of phenols is 1. The first-order valence-corrected chi connectivity index (χ1v) is 12.7. The smallest absolute Gasteiger partial charge is 0.330 e. The van der Waals surface area contributed by atoms with Crippen molar-refractivity contribution in [3.05, 3.63) is 88.7 Å². The van der Waals surface area contributed by atoms with Gasteiger partial charge in [0.25, 0.3) is 0 Å². The molecule has 0 bridgehead atoms. The van der Waals surface area contributed by atoms with E-state index >= 15 is 0 Å². The lowest BCUT2D eigenvalue weighted by molar-refractivity contribution is -0.137. The van der Waals surface area contributed by atoms with Crippen molar-refractivity contribution in [2.24, 2.45) is 0 Å². The van der Waals surface area contributed by atoms with Gasteiger partial charge in [-0.25, -0.2) is 9.18 Å². The molecule has 0 fully saturated rings. The van der Waals surface area contributed by atoms with Crippen LogP contribution in [-0.2, 0) is 27.0 Å². The first kappa shape index (κ1) is 26.5. The van der Waals surface area contributed by atoms with Crippen molar-refractivity contribution in [3.63, 3.8) is 0 Å². The Kier molecular flexibility index (Phi) is 7.44. The van der Waals surface area contributed by atoms with E-state index < -0.39 is 5.97 Å². The van der Waals surface area contributed by atoms with Gasteiger partial charge in [-0.15, -0.1) is 0 Å². The predicted octanol–water partition coefficient (Wildman–Crippen LogP) is 7.70. The summed E-state index contributed by atoms with van der Waals surface area (Å²) in [5.74, 6) is 0.0569. The van der Waals surface area contributed by atoms with Gasteiger partial charge in [-0.2, -0.15) is 0 Å². The highest BCUT2D eigenvalue weighted by Gasteiger charge is 2.38. The molecule has 0 spiro atoms. The Labute approximate surface area is 218 Å². The molecule has 1 N–H and O–H groups in total. The van der Waals surface area contributed by atoms with Crippen LogP contribution >= 0.6 is 0 Å². The Morgan fingerprint density at radius 1 is 0.946 bits per heavy atom. The number of esters is 1. The first-order chi connectivity index (χ1) is 17.5. The average molecular weight is 503 g/mol. The number of carbonyl (C=O) groups excluding carboxylic acids is 1. The van der Waals surface area contributed by atoms with Crippen LogP contribution in [0.4, 0.5) is 4.39 Å². The fourth-order valence-electron chi connectivity index (χ4n) is 4.89. The molecule has 4 rings (SSSR count). The largest absolute Gasteiger partial charge is 0.507 e. The highest BCUT2D eigenvalue weighted by molar-refractivity contribution is 5.88. The number of hydrogen-bond acceptors (Lipinski definition) is 4. The lowest BCUT2D eigenvalue weighted by Gasteiger charge is -2.42. The third kappa shape index (κ3) is 5.87. The van der Waals surface area contributed by atoms with E-state index in [-0.39, 0.29) is 29.0 Å². The van der Waals surface area contributed by atoms with Crippen molar-refractivity contribution in [3.8, 4) is 22.6 Å². The number of benzene rings is 3. The molecule has 37 heavy (non-hydrogen) atoms.